The molecule has 0 aromatic heterocycles. The van der Waals surface area contributed by atoms with E-state index in [2.05, 4.69) is 25.1 Å². The smallest absolute Gasteiger partial charge is 0.249 e. The fourth-order valence-corrected chi connectivity index (χ4v) is 2.92. The lowest BCUT2D eigenvalue weighted by atomic mass is 9.89. The number of amides is 1. The van der Waals surface area contributed by atoms with Gasteiger partial charge >= 0.3 is 0 Å². The van der Waals surface area contributed by atoms with Gasteiger partial charge < -0.3 is 5.73 Å². The first-order chi connectivity index (χ1) is 10.2. The van der Waals surface area contributed by atoms with Gasteiger partial charge in [0.1, 0.15) is 0 Å². The lowest BCUT2D eigenvalue weighted by Gasteiger charge is -2.15. The third-order valence-corrected chi connectivity index (χ3v) is 3.84. The molecular formula is C19H17NO. The molecule has 0 radical (unpaired) electrons. The number of hydrogen-bond acceptors (Lipinski definition) is 1. The van der Waals surface area contributed by atoms with Crippen LogP contribution in [0.15, 0.2) is 60.7 Å². The first-order valence-corrected chi connectivity index (χ1v) is 7.12. The molecule has 0 fully saturated rings. The molecule has 0 atom stereocenters. The Bertz CT molecular complexity index is 806. The molecule has 1 amide bonds. The summed E-state index contributed by atoms with van der Waals surface area (Å²) < 4.78 is 0. The van der Waals surface area contributed by atoms with Crippen molar-refractivity contribution in [1.82, 2.24) is 0 Å². The monoisotopic (exact) mass is 275 g/mol. The third kappa shape index (κ3) is 2.29. The maximum Gasteiger partial charge on any atom is 0.249 e. The second-order valence-corrected chi connectivity index (χ2v) is 5.08. The summed E-state index contributed by atoms with van der Waals surface area (Å²) in [5, 5.41) is 2.24. The Labute approximate surface area is 124 Å². The van der Waals surface area contributed by atoms with Crippen LogP contribution >= 0.6 is 0 Å². The Kier molecular flexibility index (Phi) is 3.44. The molecule has 2 N–H and O–H groups in total. The fraction of sp³-hybridized carbons (Fsp3) is 0.105. The minimum absolute atomic E-state index is 0.364. The molecule has 3 rings (SSSR count). The SMILES string of the molecule is CCc1c(C(N)=O)c(-c2ccccc2)cc2ccccc12. The van der Waals surface area contributed by atoms with Crippen LogP contribution in [-0.4, -0.2) is 5.91 Å². The van der Waals surface area contributed by atoms with Crippen molar-refractivity contribution in [3.63, 3.8) is 0 Å². The number of benzene rings is 3. The first-order valence-electron chi connectivity index (χ1n) is 7.12. The highest BCUT2D eigenvalue weighted by molar-refractivity contribution is 6.07. The average Bonchev–Trinajstić information content (AvgIpc) is 2.53. The molecule has 0 spiro atoms. The highest BCUT2D eigenvalue weighted by Crippen LogP contribution is 2.32. The minimum Gasteiger partial charge on any atom is -0.366 e. The molecule has 0 aliphatic heterocycles. The van der Waals surface area contributed by atoms with Crippen LogP contribution in [-0.2, 0) is 6.42 Å². The van der Waals surface area contributed by atoms with Gasteiger partial charge in [0.05, 0.1) is 5.56 Å². The average molecular weight is 275 g/mol. The molecule has 3 aromatic rings. The molecule has 0 aliphatic carbocycles. The molecule has 3 aromatic carbocycles. The van der Waals surface area contributed by atoms with E-state index in [-0.39, 0.29) is 5.91 Å². The van der Waals surface area contributed by atoms with Gasteiger partial charge in [-0.2, -0.15) is 0 Å². The molecule has 0 bridgehead atoms. The van der Waals surface area contributed by atoms with Crippen molar-refractivity contribution in [2.45, 2.75) is 13.3 Å². The van der Waals surface area contributed by atoms with Crippen molar-refractivity contribution >= 4 is 16.7 Å². The van der Waals surface area contributed by atoms with Crippen LogP contribution in [0.3, 0.4) is 0 Å². The van der Waals surface area contributed by atoms with Gasteiger partial charge in [0.2, 0.25) is 5.91 Å². The zero-order chi connectivity index (χ0) is 14.8. The van der Waals surface area contributed by atoms with E-state index in [1.807, 2.05) is 42.5 Å². The highest BCUT2D eigenvalue weighted by atomic mass is 16.1. The molecule has 2 heteroatoms. The zero-order valence-electron chi connectivity index (χ0n) is 12.0. The summed E-state index contributed by atoms with van der Waals surface area (Å²) in [5.74, 6) is -0.364. The van der Waals surface area contributed by atoms with E-state index >= 15 is 0 Å². The maximum atomic E-state index is 12.0. The number of hydrogen-bond donors (Lipinski definition) is 1. The molecule has 104 valence electrons. The Morgan fingerprint density at radius 1 is 1.00 bits per heavy atom. The van der Waals surface area contributed by atoms with Crippen LogP contribution in [0.1, 0.15) is 22.8 Å². The standard InChI is InChI=1S/C19H17NO/c1-2-15-16-11-7-6-10-14(16)12-17(18(15)19(20)21)13-8-4-3-5-9-13/h3-12H,2H2,1H3,(H2,20,21). The van der Waals surface area contributed by atoms with Crippen LogP contribution in [0.25, 0.3) is 21.9 Å². The molecule has 0 aliphatic rings. The normalized spacial score (nSPS) is 10.7. The van der Waals surface area contributed by atoms with E-state index in [9.17, 15) is 4.79 Å². The van der Waals surface area contributed by atoms with Crippen molar-refractivity contribution in [2.75, 3.05) is 0 Å². The van der Waals surface area contributed by atoms with Crippen molar-refractivity contribution in [3.05, 3.63) is 71.8 Å². The number of fused-ring (bicyclic) bond motifs is 1. The number of carbonyl (C=O) groups is 1. The number of carbonyl (C=O) groups excluding carboxylic acids is 1. The van der Waals surface area contributed by atoms with Crippen molar-refractivity contribution in [2.24, 2.45) is 5.73 Å². The summed E-state index contributed by atoms with van der Waals surface area (Å²) >= 11 is 0. The number of primary amides is 1. The predicted molar refractivity (Wildman–Crippen MR) is 87.3 cm³/mol. The third-order valence-electron chi connectivity index (χ3n) is 3.84. The number of aryl methyl sites for hydroxylation is 1. The number of nitrogens with two attached hydrogens (primary N) is 1. The molecule has 2 nitrogen and oxygen atoms in total. The highest BCUT2D eigenvalue weighted by Gasteiger charge is 2.17. The van der Waals surface area contributed by atoms with Crippen molar-refractivity contribution < 1.29 is 4.79 Å². The molecular weight excluding hydrogens is 258 g/mol. The summed E-state index contributed by atoms with van der Waals surface area (Å²) in [4.78, 5) is 12.0. The molecule has 21 heavy (non-hydrogen) atoms. The van der Waals surface area contributed by atoms with Gasteiger partial charge in [0.15, 0.2) is 0 Å². The lowest BCUT2D eigenvalue weighted by Crippen LogP contribution is -2.15. The van der Waals surface area contributed by atoms with Crippen LogP contribution in [0.4, 0.5) is 0 Å². The molecule has 0 saturated heterocycles. The lowest BCUT2D eigenvalue weighted by molar-refractivity contribution is 0.1000. The summed E-state index contributed by atoms with van der Waals surface area (Å²) in [6.07, 6.45) is 0.777. The largest absolute Gasteiger partial charge is 0.366 e. The van der Waals surface area contributed by atoms with Gasteiger partial charge in [-0.15, -0.1) is 0 Å². The van der Waals surface area contributed by atoms with Gasteiger partial charge in [-0.05, 0) is 39.9 Å². The first kappa shape index (κ1) is 13.4. The Morgan fingerprint density at radius 3 is 2.33 bits per heavy atom. The van der Waals surface area contributed by atoms with E-state index in [1.54, 1.807) is 0 Å². The molecule has 0 heterocycles. The summed E-state index contributed by atoms with van der Waals surface area (Å²) in [7, 11) is 0. The van der Waals surface area contributed by atoms with Crippen molar-refractivity contribution in [1.29, 1.82) is 0 Å². The fourth-order valence-electron chi connectivity index (χ4n) is 2.92. The molecule has 0 unspecified atom stereocenters. The van der Waals surface area contributed by atoms with E-state index in [0.717, 1.165) is 33.9 Å². The van der Waals surface area contributed by atoms with E-state index < -0.39 is 0 Å². The van der Waals surface area contributed by atoms with Crippen LogP contribution < -0.4 is 5.73 Å². The number of rotatable bonds is 3. The molecule has 0 saturated carbocycles. The summed E-state index contributed by atoms with van der Waals surface area (Å²) in [5.41, 5.74) is 9.28. The maximum absolute atomic E-state index is 12.0. The summed E-state index contributed by atoms with van der Waals surface area (Å²) in [6.45, 7) is 2.06. The van der Waals surface area contributed by atoms with Gasteiger partial charge in [0.25, 0.3) is 0 Å². The zero-order valence-corrected chi connectivity index (χ0v) is 12.0. The second kappa shape index (κ2) is 5.41. The quantitative estimate of drug-likeness (QED) is 0.766. The van der Waals surface area contributed by atoms with E-state index in [0.29, 0.717) is 5.56 Å². The van der Waals surface area contributed by atoms with Crippen molar-refractivity contribution in [3.8, 4) is 11.1 Å². The van der Waals surface area contributed by atoms with Crippen LogP contribution in [0.2, 0.25) is 0 Å². The van der Waals surface area contributed by atoms with Gasteiger partial charge in [-0.1, -0.05) is 61.5 Å². The topological polar surface area (TPSA) is 43.1 Å². The second-order valence-electron chi connectivity index (χ2n) is 5.08. The Hall–Kier alpha value is -2.61. The van der Waals surface area contributed by atoms with Crippen LogP contribution in [0.5, 0.6) is 0 Å². The van der Waals surface area contributed by atoms with Gasteiger partial charge in [-0.3, -0.25) is 4.79 Å². The van der Waals surface area contributed by atoms with E-state index in [4.69, 9.17) is 5.73 Å². The summed E-state index contributed by atoms with van der Waals surface area (Å²) in [6, 6.07) is 20.1. The van der Waals surface area contributed by atoms with Gasteiger partial charge in [-0.25, -0.2) is 0 Å². The minimum atomic E-state index is -0.364. The Balaban J connectivity index is 2.43. The predicted octanol–water partition coefficient (Wildman–Crippen LogP) is 4.17. The van der Waals surface area contributed by atoms with E-state index in [1.165, 1.54) is 0 Å². The van der Waals surface area contributed by atoms with Crippen LogP contribution in [0, 0.1) is 0 Å². The Morgan fingerprint density at radius 2 is 1.67 bits per heavy atom. The van der Waals surface area contributed by atoms with Gasteiger partial charge in [0, 0.05) is 0 Å².